The van der Waals surface area contributed by atoms with Crippen LogP contribution in [0.15, 0.2) is 18.2 Å². The van der Waals surface area contributed by atoms with E-state index in [0.29, 0.717) is 0 Å². The Kier molecular flexibility index (Phi) is 2.25. The van der Waals surface area contributed by atoms with Crippen molar-refractivity contribution in [2.24, 2.45) is 0 Å². The number of hydrogen-bond acceptors (Lipinski definition) is 3. The first-order chi connectivity index (χ1) is 5.81. The normalized spacial score (nSPS) is 8.25. The van der Waals surface area contributed by atoms with Crippen LogP contribution < -0.4 is 4.94 Å². The Morgan fingerprint density at radius 1 is 1.17 bits per heavy atom. The molecule has 0 aliphatic heterocycles. The van der Waals surface area contributed by atoms with Gasteiger partial charge in [-0.15, -0.1) is 0 Å². The Labute approximate surface area is 68.1 Å². The molecule has 1 aromatic carbocycles. The lowest BCUT2D eigenvalue weighted by Crippen LogP contribution is -1.84. The standard InChI is InChI=1S/C8H3FN2O/c9-12-8-2-1-6(4-10)7(3-8)5-11/h1-3H. The van der Waals surface area contributed by atoms with Gasteiger partial charge in [-0.1, -0.05) is 0 Å². The highest BCUT2D eigenvalue weighted by atomic mass is 19.3. The van der Waals surface area contributed by atoms with E-state index in [1.54, 1.807) is 12.1 Å². The first-order valence-corrected chi connectivity index (χ1v) is 3.04. The third kappa shape index (κ3) is 1.33. The molecule has 0 aliphatic carbocycles. The van der Waals surface area contributed by atoms with Crippen LogP contribution in [0.1, 0.15) is 11.1 Å². The molecule has 0 atom stereocenters. The lowest BCUT2D eigenvalue weighted by atomic mass is 10.1. The van der Waals surface area contributed by atoms with Crippen LogP contribution in [0, 0.1) is 22.7 Å². The van der Waals surface area contributed by atoms with Crippen molar-refractivity contribution in [2.45, 2.75) is 0 Å². The van der Waals surface area contributed by atoms with Gasteiger partial charge in [-0.05, 0) is 12.1 Å². The van der Waals surface area contributed by atoms with Crippen LogP contribution in [0.3, 0.4) is 0 Å². The zero-order valence-corrected chi connectivity index (χ0v) is 5.91. The molecule has 3 nitrogen and oxygen atoms in total. The Bertz CT molecular complexity index is 376. The van der Waals surface area contributed by atoms with Crippen molar-refractivity contribution in [1.82, 2.24) is 0 Å². The minimum absolute atomic E-state index is 0.0782. The Morgan fingerprint density at radius 2 is 1.83 bits per heavy atom. The largest absolute Gasteiger partial charge is 0.294 e. The molecule has 0 bridgehead atoms. The van der Waals surface area contributed by atoms with Gasteiger partial charge in [-0.25, -0.2) is 0 Å². The highest BCUT2D eigenvalue weighted by Gasteiger charge is 2.03. The minimum Gasteiger partial charge on any atom is -0.294 e. The lowest BCUT2D eigenvalue weighted by molar-refractivity contribution is -0.00623. The molecular weight excluding hydrogens is 159 g/mol. The fourth-order valence-corrected chi connectivity index (χ4v) is 0.761. The summed E-state index contributed by atoms with van der Waals surface area (Å²) in [6, 6.07) is 7.32. The second-order valence-corrected chi connectivity index (χ2v) is 2.01. The van der Waals surface area contributed by atoms with E-state index in [2.05, 4.69) is 4.94 Å². The lowest BCUT2D eigenvalue weighted by Gasteiger charge is -1.95. The summed E-state index contributed by atoms with van der Waals surface area (Å²) < 4.78 is 11.6. The molecule has 0 unspecified atom stereocenters. The third-order valence-corrected chi connectivity index (χ3v) is 1.32. The topological polar surface area (TPSA) is 56.8 Å². The third-order valence-electron chi connectivity index (χ3n) is 1.32. The second kappa shape index (κ2) is 3.36. The van der Waals surface area contributed by atoms with Crippen LogP contribution in [0.25, 0.3) is 0 Å². The zero-order chi connectivity index (χ0) is 8.97. The van der Waals surface area contributed by atoms with Gasteiger partial charge in [0.25, 0.3) is 0 Å². The Balaban J connectivity index is 3.25. The molecule has 0 radical (unpaired) electrons. The van der Waals surface area contributed by atoms with Crippen molar-refractivity contribution in [3.63, 3.8) is 0 Å². The summed E-state index contributed by atoms with van der Waals surface area (Å²) in [4.78, 5) is 3.40. The van der Waals surface area contributed by atoms with Gasteiger partial charge in [-0.2, -0.15) is 10.5 Å². The van der Waals surface area contributed by atoms with E-state index in [1.807, 2.05) is 0 Å². The van der Waals surface area contributed by atoms with Crippen molar-refractivity contribution in [1.29, 1.82) is 10.5 Å². The minimum atomic E-state index is -0.0782. The molecule has 0 heterocycles. The molecule has 4 heteroatoms. The van der Waals surface area contributed by atoms with Crippen LogP contribution in [0.2, 0.25) is 0 Å². The number of rotatable bonds is 1. The van der Waals surface area contributed by atoms with Crippen molar-refractivity contribution < 1.29 is 9.47 Å². The van der Waals surface area contributed by atoms with Crippen LogP contribution in [-0.4, -0.2) is 0 Å². The molecular formula is C8H3FN2O. The predicted octanol–water partition coefficient (Wildman–Crippen LogP) is 1.69. The van der Waals surface area contributed by atoms with E-state index < -0.39 is 0 Å². The van der Waals surface area contributed by atoms with E-state index in [0.717, 1.165) is 0 Å². The highest BCUT2D eigenvalue weighted by molar-refractivity contribution is 5.48. The summed E-state index contributed by atoms with van der Waals surface area (Å²) in [7, 11) is 0. The number of benzene rings is 1. The van der Waals surface area contributed by atoms with Gasteiger partial charge < -0.3 is 0 Å². The average molecular weight is 162 g/mol. The van der Waals surface area contributed by atoms with Crippen molar-refractivity contribution in [3.05, 3.63) is 29.3 Å². The van der Waals surface area contributed by atoms with Gasteiger partial charge in [0, 0.05) is 10.6 Å². The molecule has 0 aliphatic rings. The molecule has 0 saturated heterocycles. The summed E-state index contributed by atoms with van der Waals surface area (Å²) in [6.45, 7) is 0. The SMILES string of the molecule is N#Cc1ccc(OF)cc1C#N. The van der Waals surface area contributed by atoms with Crippen molar-refractivity contribution in [2.75, 3.05) is 0 Å². The molecule has 0 fully saturated rings. The second-order valence-electron chi connectivity index (χ2n) is 2.01. The number of nitriles is 2. The number of hydrogen-bond donors (Lipinski definition) is 0. The average Bonchev–Trinajstić information content (AvgIpc) is 2.16. The maximum atomic E-state index is 11.6. The van der Waals surface area contributed by atoms with Gasteiger partial charge in [0.05, 0.1) is 11.1 Å². The molecule has 12 heavy (non-hydrogen) atoms. The maximum absolute atomic E-state index is 11.6. The molecule has 0 amide bonds. The molecule has 0 N–H and O–H groups in total. The van der Waals surface area contributed by atoms with Gasteiger partial charge in [-0.3, -0.25) is 4.94 Å². The van der Waals surface area contributed by atoms with Gasteiger partial charge in [0.15, 0.2) is 5.75 Å². The smallest absolute Gasteiger partial charge is 0.173 e. The molecule has 0 saturated carbocycles. The molecule has 1 aromatic rings. The summed E-state index contributed by atoms with van der Waals surface area (Å²) in [6.07, 6.45) is 0. The van der Waals surface area contributed by atoms with Crippen LogP contribution >= 0.6 is 0 Å². The van der Waals surface area contributed by atoms with Crippen molar-refractivity contribution in [3.8, 4) is 17.9 Å². The van der Waals surface area contributed by atoms with E-state index in [-0.39, 0.29) is 16.9 Å². The molecule has 58 valence electrons. The summed E-state index contributed by atoms with van der Waals surface area (Å²) in [5, 5.41) is 17.0. The first kappa shape index (κ1) is 8.03. The first-order valence-electron chi connectivity index (χ1n) is 3.04. The van der Waals surface area contributed by atoms with Crippen molar-refractivity contribution >= 4 is 0 Å². The Hall–Kier alpha value is -2.07. The summed E-state index contributed by atoms with van der Waals surface area (Å²) in [5.41, 5.74) is 0.311. The predicted molar refractivity (Wildman–Crippen MR) is 37.6 cm³/mol. The van der Waals surface area contributed by atoms with E-state index in [4.69, 9.17) is 10.5 Å². The molecule has 1 rings (SSSR count). The fourth-order valence-electron chi connectivity index (χ4n) is 0.761. The van der Waals surface area contributed by atoms with Gasteiger partial charge in [0.2, 0.25) is 0 Å². The van der Waals surface area contributed by atoms with E-state index in [9.17, 15) is 4.53 Å². The van der Waals surface area contributed by atoms with Gasteiger partial charge in [0.1, 0.15) is 12.1 Å². The monoisotopic (exact) mass is 162 g/mol. The van der Waals surface area contributed by atoms with Crippen LogP contribution in [-0.2, 0) is 0 Å². The van der Waals surface area contributed by atoms with Gasteiger partial charge >= 0.3 is 0 Å². The van der Waals surface area contributed by atoms with E-state index >= 15 is 0 Å². The number of nitrogens with zero attached hydrogens (tertiary/aromatic N) is 2. The molecule has 0 aromatic heterocycles. The summed E-state index contributed by atoms with van der Waals surface area (Å²) >= 11 is 0. The highest BCUT2D eigenvalue weighted by Crippen LogP contribution is 2.16. The van der Waals surface area contributed by atoms with Crippen LogP contribution in [0.5, 0.6) is 5.75 Å². The zero-order valence-electron chi connectivity index (χ0n) is 5.91. The maximum Gasteiger partial charge on any atom is 0.173 e. The Morgan fingerprint density at radius 3 is 2.33 bits per heavy atom. The number of halogens is 1. The summed E-state index contributed by atoms with van der Waals surface area (Å²) in [5.74, 6) is -0.0782. The van der Waals surface area contributed by atoms with E-state index in [1.165, 1.54) is 18.2 Å². The van der Waals surface area contributed by atoms with Crippen LogP contribution in [0.4, 0.5) is 4.53 Å². The quantitative estimate of drug-likeness (QED) is 0.631. The molecule has 0 spiro atoms. The fraction of sp³-hybridized carbons (Fsp3) is 0.